The second-order valence-electron chi connectivity index (χ2n) is 4.90. The van der Waals surface area contributed by atoms with Gasteiger partial charge >= 0.3 is 0 Å². The van der Waals surface area contributed by atoms with Crippen LogP contribution in [0, 0.1) is 0 Å². The first-order chi connectivity index (χ1) is 11.2. The van der Waals surface area contributed by atoms with E-state index in [1.165, 1.54) is 6.07 Å². The Balaban J connectivity index is 1.67. The summed E-state index contributed by atoms with van der Waals surface area (Å²) in [6.45, 7) is 0.997. The van der Waals surface area contributed by atoms with Gasteiger partial charge in [-0.1, -0.05) is 12.1 Å². The average molecular weight is 316 g/mol. The van der Waals surface area contributed by atoms with Crippen LogP contribution in [0.5, 0.6) is 11.5 Å². The van der Waals surface area contributed by atoms with Crippen molar-refractivity contribution in [1.82, 2.24) is 9.88 Å². The third kappa shape index (κ3) is 5.50. The van der Waals surface area contributed by atoms with Crippen molar-refractivity contribution in [2.24, 2.45) is 0 Å². The van der Waals surface area contributed by atoms with Crippen LogP contribution in [0.3, 0.4) is 0 Å². The summed E-state index contributed by atoms with van der Waals surface area (Å²) in [4.78, 5) is 23.2. The van der Waals surface area contributed by atoms with E-state index < -0.39 is 0 Å². The SMILES string of the molecule is COc1cccc(OCC(=O)NCCCn2ccccc2=O)c1. The molecule has 1 heterocycles. The lowest BCUT2D eigenvalue weighted by Gasteiger charge is -2.09. The zero-order valence-electron chi connectivity index (χ0n) is 13.0. The van der Waals surface area contributed by atoms with Gasteiger partial charge in [-0.3, -0.25) is 9.59 Å². The molecule has 0 atom stereocenters. The Morgan fingerprint density at radius 3 is 2.78 bits per heavy atom. The van der Waals surface area contributed by atoms with Crippen molar-refractivity contribution in [2.75, 3.05) is 20.3 Å². The molecule has 2 rings (SSSR count). The quantitative estimate of drug-likeness (QED) is 0.748. The van der Waals surface area contributed by atoms with E-state index in [-0.39, 0.29) is 18.1 Å². The topological polar surface area (TPSA) is 69.6 Å². The van der Waals surface area contributed by atoms with Gasteiger partial charge in [0.1, 0.15) is 11.5 Å². The highest BCUT2D eigenvalue weighted by Crippen LogP contribution is 2.18. The summed E-state index contributed by atoms with van der Waals surface area (Å²) in [5.74, 6) is 1.06. The summed E-state index contributed by atoms with van der Waals surface area (Å²) in [5, 5.41) is 2.76. The fourth-order valence-corrected chi connectivity index (χ4v) is 2.01. The highest BCUT2D eigenvalue weighted by molar-refractivity contribution is 5.77. The van der Waals surface area contributed by atoms with Crippen molar-refractivity contribution in [3.63, 3.8) is 0 Å². The summed E-state index contributed by atoms with van der Waals surface area (Å²) < 4.78 is 12.1. The molecule has 0 fully saturated rings. The number of carbonyl (C=O) groups excluding carboxylic acids is 1. The molecule has 0 aliphatic carbocycles. The predicted octanol–water partition coefficient (Wildman–Crippen LogP) is 1.44. The number of ether oxygens (including phenoxy) is 2. The van der Waals surface area contributed by atoms with E-state index in [2.05, 4.69) is 5.32 Å². The molecule has 0 aliphatic rings. The van der Waals surface area contributed by atoms with Crippen LogP contribution < -0.4 is 20.3 Å². The molecule has 1 aromatic carbocycles. The number of pyridine rings is 1. The van der Waals surface area contributed by atoms with Gasteiger partial charge in [0.15, 0.2) is 6.61 Å². The molecule has 1 N–H and O–H groups in total. The monoisotopic (exact) mass is 316 g/mol. The predicted molar refractivity (Wildman–Crippen MR) is 86.8 cm³/mol. The number of benzene rings is 1. The smallest absolute Gasteiger partial charge is 0.257 e. The van der Waals surface area contributed by atoms with Crippen molar-refractivity contribution >= 4 is 5.91 Å². The third-order valence-electron chi connectivity index (χ3n) is 3.21. The van der Waals surface area contributed by atoms with Crippen LogP contribution in [-0.4, -0.2) is 30.7 Å². The van der Waals surface area contributed by atoms with E-state index in [9.17, 15) is 9.59 Å². The summed E-state index contributed by atoms with van der Waals surface area (Å²) >= 11 is 0. The first kappa shape index (κ1) is 16.6. The van der Waals surface area contributed by atoms with Crippen LogP contribution in [0.2, 0.25) is 0 Å². The lowest BCUT2D eigenvalue weighted by atomic mass is 10.3. The summed E-state index contributed by atoms with van der Waals surface area (Å²) in [7, 11) is 1.57. The van der Waals surface area contributed by atoms with Gasteiger partial charge in [0, 0.05) is 31.4 Å². The Hall–Kier alpha value is -2.76. The molecule has 6 nitrogen and oxygen atoms in total. The highest BCUT2D eigenvalue weighted by Gasteiger charge is 2.03. The summed E-state index contributed by atoms with van der Waals surface area (Å²) in [5.41, 5.74) is -0.0415. The number of amides is 1. The Bertz CT molecular complexity index is 697. The molecular formula is C17H20N2O4. The number of hydrogen-bond acceptors (Lipinski definition) is 4. The van der Waals surface area contributed by atoms with Gasteiger partial charge in [-0.05, 0) is 24.6 Å². The molecule has 6 heteroatoms. The fraction of sp³-hybridized carbons (Fsp3) is 0.294. The molecule has 0 unspecified atom stereocenters. The fourth-order valence-electron chi connectivity index (χ4n) is 2.01. The van der Waals surface area contributed by atoms with E-state index in [1.807, 2.05) is 6.07 Å². The first-order valence-electron chi connectivity index (χ1n) is 7.38. The maximum absolute atomic E-state index is 11.7. The molecule has 0 aliphatic heterocycles. The van der Waals surface area contributed by atoms with Gasteiger partial charge in [0.2, 0.25) is 5.56 Å². The molecule has 122 valence electrons. The third-order valence-corrected chi connectivity index (χ3v) is 3.21. The lowest BCUT2D eigenvalue weighted by Crippen LogP contribution is -2.30. The van der Waals surface area contributed by atoms with E-state index in [0.717, 1.165) is 0 Å². The minimum absolute atomic E-state index is 0.0415. The number of carbonyl (C=O) groups is 1. The largest absolute Gasteiger partial charge is 0.497 e. The van der Waals surface area contributed by atoms with Crippen LogP contribution in [0.15, 0.2) is 53.5 Å². The van der Waals surface area contributed by atoms with Crippen molar-refractivity contribution in [3.8, 4) is 11.5 Å². The standard InChI is InChI=1S/C17H20N2O4/c1-22-14-6-4-7-15(12-14)23-13-16(20)18-9-5-11-19-10-3-2-8-17(19)21/h2-4,6-8,10,12H,5,9,11,13H2,1H3,(H,18,20). The average Bonchev–Trinajstić information content (AvgIpc) is 2.58. The van der Waals surface area contributed by atoms with E-state index >= 15 is 0 Å². The Morgan fingerprint density at radius 2 is 2.00 bits per heavy atom. The number of rotatable bonds is 8. The van der Waals surface area contributed by atoms with Crippen molar-refractivity contribution < 1.29 is 14.3 Å². The molecule has 2 aromatic rings. The molecule has 0 saturated carbocycles. The number of nitrogens with zero attached hydrogens (tertiary/aromatic N) is 1. The molecule has 1 aromatic heterocycles. The van der Waals surface area contributed by atoms with Crippen LogP contribution in [0.25, 0.3) is 0 Å². The molecule has 1 amide bonds. The minimum Gasteiger partial charge on any atom is -0.497 e. The summed E-state index contributed by atoms with van der Waals surface area (Å²) in [6, 6.07) is 12.1. The number of aryl methyl sites for hydroxylation is 1. The second kappa shape index (κ2) is 8.63. The lowest BCUT2D eigenvalue weighted by molar-refractivity contribution is -0.123. The second-order valence-corrected chi connectivity index (χ2v) is 4.90. The normalized spacial score (nSPS) is 10.1. The highest BCUT2D eigenvalue weighted by atomic mass is 16.5. The van der Waals surface area contributed by atoms with Crippen LogP contribution in [-0.2, 0) is 11.3 Å². The van der Waals surface area contributed by atoms with Gasteiger partial charge in [0.25, 0.3) is 5.91 Å². The first-order valence-corrected chi connectivity index (χ1v) is 7.38. The maximum atomic E-state index is 11.7. The molecule has 0 bridgehead atoms. The van der Waals surface area contributed by atoms with Crippen LogP contribution in [0.4, 0.5) is 0 Å². The van der Waals surface area contributed by atoms with Gasteiger partial charge in [-0.15, -0.1) is 0 Å². The van der Waals surface area contributed by atoms with E-state index in [4.69, 9.17) is 9.47 Å². The van der Waals surface area contributed by atoms with E-state index in [0.29, 0.717) is 31.0 Å². The Kier molecular flexibility index (Phi) is 6.23. The number of aromatic nitrogens is 1. The molecule has 0 spiro atoms. The van der Waals surface area contributed by atoms with Crippen molar-refractivity contribution in [2.45, 2.75) is 13.0 Å². The van der Waals surface area contributed by atoms with Gasteiger partial charge in [-0.2, -0.15) is 0 Å². The molecule has 0 radical (unpaired) electrons. The number of methoxy groups -OCH3 is 1. The van der Waals surface area contributed by atoms with Crippen LogP contribution >= 0.6 is 0 Å². The van der Waals surface area contributed by atoms with Gasteiger partial charge in [-0.25, -0.2) is 0 Å². The number of hydrogen-bond donors (Lipinski definition) is 1. The zero-order valence-corrected chi connectivity index (χ0v) is 13.0. The molecule has 0 saturated heterocycles. The minimum atomic E-state index is -0.201. The Labute approximate surface area is 134 Å². The van der Waals surface area contributed by atoms with Crippen LogP contribution in [0.1, 0.15) is 6.42 Å². The Morgan fingerprint density at radius 1 is 1.17 bits per heavy atom. The van der Waals surface area contributed by atoms with Gasteiger partial charge < -0.3 is 19.4 Å². The van der Waals surface area contributed by atoms with Crippen molar-refractivity contribution in [3.05, 3.63) is 59.0 Å². The maximum Gasteiger partial charge on any atom is 0.257 e. The van der Waals surface area contributed by atoms with Gasteiger partial charge in [0.05, 0.1) is 7.11 Å². The van der Waals surface area contributed by atoms with Crippen molar-refractivity contribution in [1.29, 1.82) is 0 Å². The van der Waals surface area contributed by atoms with E-state index in [1.54, 1.807) is 48.2 Å². The molecule has 23 heavy (non-hydrogen) atoms. The zero-order chi connectivity index (χ0) is 16.5. The number of nitrogens with one attached hydrogen (secondary N) is 1. The molecular weight excluding hydrogens is 296 g/mol. The summed E-state index contributed by atoms with van der Waals surface area (Å²) in [6.07, 6.45) is 2.41.